The maximum Gasteiger partial charge on any atom is 0.121 e. The Kier molecular flexibility index (Phi) is 6.70. The van der Waals surface area contributed by atoms with Crippen molar-refractivity contribution in [2.75, 3.05) is 36.7 Å². The average molecular weight is 254 g/mol. The molecule has 3 nitrogen and oxygen atoms in total. The summed E-state index contributed by atoms with van der Waals surface area (Å²) in [5.41, 5.74) is 7.65. The molecule has 4 heteroatoms. The summed E-state index contributed by atoms with van der Waals surface area (Å²) in [4.78, 5) is 0. The van der Waals surface area contributed by atoms with Crippen LogP contribution in [0.3, 0.4) is 0 Å². The topological polar surface area (TPSA) is 47.3 Å². The second kappa shape index (κ2) is 8.12. The van der Waals surface area contributed by atoms with Gasteiger partial charge in [0.25, 0.3) is 0 Å². The summed E-state index contributed by atoms with van der Waals surface area (Å²) in [5, 5.41) is 3.35. The SMILES string of the molecule is COc1ccc(NCCCCCSC)c(N)c1. The molecule has 96 valence electrons. The first kappa shape index (κ1) is 14.0. The zero-order valence-electron chi connectivity index (χ0n) is 10.7. The molecule has 1 rings (SSSR count). The van der Waals surface area contributed by atoms with Gasteiger partial charge in [0, 0.05) is 12.6 Å². The van der Waals surface area contributed by atoms with Gasteiger partial charge in [-0.25, -0.2) is 0 Å². The van der Waals surface area contributed by atoms with Gasteiger partial charge < -0.3 is 15.8 Å². The van der Waals surface area contributed by atoms with Gasteiger partial charge in [-0.2, -0.15) is 11.8 Å². The summed E-state index contributed by atoms with van der Waals surface area (Å²) >= 11 is 1.91. The highest BCUT2D eigenvalue weighted by molar-refractivity contribution is 7.98. The minimum atomic E-state index is 0.744. The van der Waals surface area contributed by atoms with Crippen LogP contribution in [0.1, 0.15) is 19.3 Å². The number of nitrogens with two attached hydrogens (primary N) is 1. The predicted molar refractivity (Wildman–Crippen MR) is 78.1 cm³/mol. The molecule has 0 radical (unpaired) electrons. The molecule has 0 atom stereocenters. The molecule has 0 aliphatic carbocycles. The third-order valence-corrected chi connectivity index (χ3v) is 3.30. The second-order valence-electron chi connectivity index (χ2n) is 3.93. The number of thioether (sulfide) groups is 1. The molecule has 3 N–H and O–H groups in total. The van der Waals surface area contributed by atoms with E-state index < -0.39 is 0 Å². The van der Waals surface area contributed by atoms with E-state index in [2.05, 4.69) is 11.6 Å². The molecule has 0 heterocycles. The van der Waals surface area contributed by atoms with Crippen LogP contribution in [0.5, 0.6) is 5.75 Å². The molecule has 1 aromatic rings. The van der Waals surface area contributed by atoms with E-state index in [1.54, 1.807) is 7.11 Å². The van der Waals surface area contributed by atoms with Crippen LogP contribution in [-0.2, 0) is 0 Å². The molecule has 0 spiro atoms. The minimum absolute atomic E-state index is 0.744. The number of benzene rings is 1. The van der Waals surface area contributed by atoms with Crippen LogP contribution in [0.2, 0.25) is 0 Å². The van der Waals surface area contributed by atoms with Gasteiger partial charge in [-0.3, -0.25) is 0 Å². The van der Waals surface area contributed by atoms with E-state index in [9.17, 15) is 0 Å². The van der Waals surface area contributed by atoms with Crippen molar-refractivity contribution in [3.05, 3.63) is 18.2 Å². The van der Waals surface area contributed by atoms with Crippen molar-refractivity contribution >= 4 is 23.1 Å². The van der Waals surface area contributed by atoms with Gasteiger partial charge in [0.15, 0.2) is 0 Å². The summed E-state index contributed by atoms with van der Waals surface area (Å²) in [7, 11) is 1.65. The Morgan fingerprint density at radius 2 is 2.12 bits per heavy atom. The Balaban J connectivity index is 2.27. The van der Waals surface area contributed by atoms with Gasteiger partial charge in [0.2, 0.25) is 0 Å². The molecular formula is C13H22N2OS. The monoisotopic (exact) mass is 254 g/mol. The highest BCUT2D eigenvalue weighted by Crippen LogP contribution is 2.23. The van der Waals surface area contributed by atoms with E-state index in [0.29, 0.717) is 0 Å². The van der Waals surface area contributed by atoms with E-state index in [0.717, 1.165) is 23.7 Å². The van der Waals surface area contributed by atoms with E-state index >= 15 is 0 Å². The first-order chi connectivity index (χ1) is 8.27. The molecule has 1 aromatic carbocycles. The van der Waals surface area contributed by atoms with Crippen LogP contribution in [-0.4, -0.2) is 25.7 Å². The van der Waals surface area contributed by atoms with Crippen LogP contribution < -0.4 is 15.8 Å². The molecule has 0 aliphatic rings. The highest BCUT2D eigenvalue weighted by Gasteiger charge is 2.00. The van der Waals surface area contributed by atoms with Crippen LogP contribution in [0, 0.1) is 0 Å². The Hall–Kier alpha value is -1.03. The van der Waals surface area contributed by atoms with Gasteiger partial charge in [0.05, 0.1) is 18.5 Å². The van der Waals surface area contributed by atoms with Crippen molar-refractivity contribution < 1.29 is 4.74 Å². The zero-order chi connectivity index (χ0) is 12.5. The summed E-state index contributed by atoms with van der Waals surface area (Å²) in [5.74, 6) is 2.05. The second-order valence-corrected chi connectivity index (χ2v) is 4.92. The number of methoxy groups -OCH3 is 1. The van der Waals surface area contributed by atoms with Crippen LogP contribution in [0.4, 0.5) is 11.4 Å². The normalized spacial score (nSPS) is 10.2. The quantitative estimate of drug-likeness (QED) is 0.552. The molecule has 0 saturated heterocycles. The molecular weight excluding hydrogens is 232 g/mol. The van der Waals surface area contributed by atoms with Crippen molar-refractivity contribution in [3.8, 4) is 5.75 Å². The Bertz CT molecular complexity index is 331. The van der Waals surface area contributed by atoms with Gasteiger partial charge >= 0.3 is 0 Å². The van der Waals surface area contributed by atoms with Crippen LogP contribution in [0.15, 0.2) is 18.2 Å². The molecule has 0 aromatic heterocycles. The number of hydrogen-bond acceptors (Lipinski definition) is 4. The average Bonchev–Trinajstić information content (AvgIpc) is 2.35. The lowest BCUT2D eigenvalue weighted by atomic mass is 10.2. The van der Waals surface area contributed by atoms with Gasteiger partial charge in [-0.1, -0.05) is 6.42 Å². The number of unbranched alkanes of at least 4 members (excludes halogenated alkanes) is 2. The Labute approximate surface area is 108 Å². The lowest BCUT2D eigenvalue weighted by Crippen LogP contribution is -2.04. The van der Waals surface area contributed by atoms with Crippen molar-refractivity contribution in [3.63, 3.8) is 0 Å². The minimum Gasteiger partial charge on any atom is -0.497 e. The molecule has 0 aliphatic heterocycles. The van der Waals surface area contributed by atoms with Gasteiger partial charge in [-0.15, -0.1) is 0 Å². The lowest BCUT2D eigenvalue weighted by molar-refractivity contribution is 0.415. The lowest BCUT2D eigenvalue weighted by Gasteiger charge is -2.10. The van der Waals surface area contributed by atoms with Gasteiger partial charge in [0.1, 0.15) is 5.75 Å². The molecule has 0 saturated carbocycles. The highest BCUT2D eigenvalue weighted by atomic mass is 32.2. The zero-order valence-corrected chi connectivity index (χ0v) is 11.5. The van der Waals surface area contributed by atoms with E-state index in [-0.39, 0.29) is 0 Å². The van der Waals surface area contributed by atoms with Gasteiger partial charge in [-0.05, 0) is 37.0 Å². The molecule has 0 amide bonds. The summed E-state index contributed by atoms with van der Waals surface area (Å²) in [6.07, 6.45) is 5.90. The smallest absolute Gasteiger partial charge is 0.121 e. The summed E-state index contributed by atoms with van der Waals surface area (Å²) in [6.45, 7) is 0.977. The first-order valence-corrected chi connectivity index (χ1v) is 7.33. The Morgan fingerprint density at radius 1 is 1.29 bits per heavy atom. The van der Waals surface area contributed by atoms with Crippen LogP contribution in [0.25, 0.3) is 0 Å². The fraction of sp³-hybridized carbons (Fsp3) is 0.538. The van der Waals surface area contributed by atoms with E-state index in [4.69, 9.17) is 10.5 Å². The number of nitrogens with one attached hydrogen (secondary N) is 1. The largest absolute Gasteiger partial charge is 0.497 e. The maximum absolute atomic E-state index is 5.91. The van der Waals surface area contributed by atoms with Crippen molar-refractivity contribution in [2.24, 2.45) is 0 Å². The van der Waals surface area contributed by atoms with E-state index in [1.807, 2.05) is 30.0 Å². The third-order valence-electron chi connectivity index (χ3n) is 2.60. The first-order valence-electron chi connectivity index (χ1n) is 5.94. The number of nitrogen functional groups attached to an aromatic ring is 1. The van der Waals surface area contributed by atoms with Crippen molar-refractivity contribution in [1.29, 1.82) is 0 Å². The van der Waals surface area contributed by atoms with E-state index in [1.165, 1.54) is 25.0 Å². The maximum atomic E-state index is 5.91. The molecule has 0 bridgehead atoms. The predicted octanol–water partition coefficient (Wildman–Crippen LogP) is 3.22. The third kappa shape index (κ3) is 5.22. The number of rotatable bonds is 8. The standard InChI is InChI=1S/C13H22N2OS/c1-16-11-6-7-13(12(14)10-11)15-8-4-3-5-9-17-2/h6-7,10,15H,3-5,8-9,14H2,1-2H3. The number of ether oxygens (including phenoxy) is 1. The van der Waals surface area contributed by atoms with Crippen LogP contribution >= 0.6 is 11.8 Å². The fourth-order valence-corrected chi connectivity index (χ4v) is 2.09. The summed E-state index contributed by atoms with van der Waals surface area (Å²) < 4.78 is 5.11. The Morgan fingerprint density at radius 3 is 2.76 bits per heavy atom. The van der Waals surface area contributed by atoms with Crippen molar-refractivity contribution in [2.45, 2.75) is 19.3 Å². The number of hydrogen-bond donors (Lipinski definition) is 2. The molecule has 17 heavy (non-hydrogen) atoms. The number of anilines is 2. The van der Waals surface area contributed by atoms with Crippen molar-refractivity contribution in [1.82, 2.24) is 0 Å². The fourth-order valence-electron chi connectivity index (χ4n) is 1.60. The summed E-state index contributed by atoms with van der Waals surface area (Å²) in [6, 6.07) is 5.73. The molecule has 0 fully saturated rings. The molecule has 0 unspecified atom stereocenters.